The zero-order valence-electron chi connectivity index (χ0n) is 18.1. The molecule has 0 bridgehead atoms. The van der Waals surface area contributed by atoms with E-state index in [0.29, 0.717) is 5.56 Å². The highest BCUT2D eigenvalue weighted by Crippen LogP contribution is 2.41. The highest BCUT2D eigenvalue weighted by Gasteiger charge is 2.35. The van der Waals surface area contributed by atoms with Crippen molar-refractivity contribution in [2.45, 2.75) is 39.0 Å². The fourth-order valence-corrected chi connectivity index (χ4v) is 4.32. The van der Waals surface area contributed by atoms with E-state index < -0.39 is 24.3 Å². The van der Waals surface area contributed by atoms with Crippen molar-refractivity contribution in [3.8, 4) is 39.7 Å². The normalized spacial score (nSPS) is 12.2. The van der Waals surface area contributed by atoms with Gasteiger partial charge in [0.2, 0.25) is 5.82 Å². The average molecular weight is 494 g/mol. The van der Waals surface area contributed by atoms with Crippen LogP contribution in [0.4, 0.5) is 22.0 Å². The van der Waals surface area contributed by atoms with Gasteiger partial charge in [-0.3, -0.25) is 0 Å². The largest absolute Gasteiger partial charge is 0.432 e. The number of hydrogen-bond acceptors (Lipinski definition) is 5. The lowest BCUT2D eigenvalue weighted by molar-refractivity contribution is -0.180. The van der Waals surface area contributed by atoms with E-state index in [1.165, 1.54) is 41.7 Å². The van der Waals surface area contributed by atoms with Crippen molar-refractivity contribution in [1.29, 1.82) is 0 Å². The minimum Gasteiger partial charge on any atom is -0.432 e. The molecule has 0 aliphatic heterocycles. The van der Waals surface area contributed by atoms with Gasteiger partial charge < -0.3 is 9.26 Å². The molecule has 2 aromatic heterocycles. The Bertz CT molecular complexity index is 1300. The number of aromatic nitrogens is 2. The summed E-state index contributed by atoms with van der Waals surface area (Å²) in [6.45, 7) is 3.35. The Hall–Kier alpha value is -3.27. The van der Waals surface area contributed by atoms with E-state index in [9.17, 15) is 22.0 Å². The molecule has 0 amide bonds. The first kappa shape index (κ1) is 23.9. The van der Waals surface area contributed by atoms with Crippen LogP contribution in [0, 0.1) is 6.92 Å². The summed E-state index contributed by atoms with van der Waals surface area (Å²) in [4.78, 5) is 4.15. The molecule has 4 rings (SSSR count). The second-order valence-corrected chi connectivity index (χ2v) is 8.38. The lowest BCUT2D eigenvalue weighted by Gasteiger charge is -2.18. The maximum absolute atomic E-state index is 14.0. The zero-order valence-corrected chi connectivity index (χ0v) is 18.9. The third kappa shape index (κ3) is 4.96. The molecule has 0 radical (unpaired) electrons. The van der Waals surface area contributed by atoms with E-state index in [1.54, 1.807) is 30.7 Å². The Labute approximate surface area is 196 Å². The molecular weight excluding hydrogens is 475 g/mol. The minimum absolute atomic E-state index is 0.0478. The Kier molecular flexibility index (Phi) is 6.44. The van der Waals surface area contributed by atoms with Gasteiger partial charge in [-0.25, -0.2) is 0 Å². The summed E-state index contributed by atoms with van der Waals surface area (Å²) in [6.07, 6.45) is -8.28. The van der Waals surface area contributed by atoms with Crippen LogP contribution in [-0.4, -0.2) is 16.2 Å². The van der Waals surface area contributed by atoms with Crippen LogP contribution in [0.3, 0.4) is 0 Å². The van der Waals surface area contributed by atoms with Crippen molar-refractivity contribution in [3.05, 3.63) is 64.4 Å². The van der Waals surface area contributed by atoms with Crippen molar-refractivity contribution in [2.24, 2.45) is 0 Å². The van der Waals surface area contributed by atoms with Crippen LogP contribution in [0.1, 0.15) is 30.9 Å². The van der Waals surface area contributed by atoms with Gasteiger partial charge in [0.25, 0.3) is 5.89 Å². The van der Waals surface area contributed by atoms with Gasteiger partial charge in [0.05, 0.1) is 17.5 Å². The van der Waals surface area contributed by atoms with Crippen LogP contribution >= 0.6 is 11.3 Å². The van der Waals surface area contributed by atoms with E-state index in [1.807, 2.05) is 0 Å². The van der Waals surface area contributed by atoms with Crippen molar-refractivity contribution >= 4 is 11.3 Å². The molecule has 0 aliphatic rings. The number of ether oxygens (including phenoxy) is 1. The Morgan fingerprint density at radius 2 is 1.74 bits per heavy atom. The topological polar surface area (TPSA) is 48.2 Å². The SMILES string of the molecule is CCCC(F)(F)Oc1ccccc1-c1noc(-c2ccc(-c3cscc3C)c(C(F)(F)F)c2)n1. The highest BCUT2D eigenvalue weighted by molar-refractivity contribution is 7.08. The number of alkyl halides is 5. The van der Waals surface area contributed by atoms with Crippen LogP contribution in [0.5, 0.6) is 5.75 Å². The smallest absolute Gasteiger partial charge is 0.417 e. The van der Waals surface area contributed by atoms with Gasteiger partial charge in [-0.05, 0) is 65.1 Å². The Morgan fingerprint density at radius 3 is 2.41 bits per heavy atom. The summed E-state index contributed by atoms with van der Waals surface area (Å²) in [5.41, 5.74) is 0.627. The van der Waals surface area contributed by atoms with E-state index in [4.69, 9.17) is 9.26 Å². The van der Waals surface area contributed by atoms with Gasteiger partial charge in [-0.2, -0.15) is 38.3 Å². The second kappa shape index (κ2) is 9.17. The van der Waals surface area contributed by atoms with Crippen molar-refractivity contribution in [1.82, 2.24) is 10.1 Å². The molecule has 178 valence electrons. The van der Waals surface area contributed by atoms with Gasteiger partial charge in [0.15, 0.2) is 0 Å². The van der Waals surface area contributed by atoms with E-state index >= 15 is 0 Å². The molecule has 2 heterocycles. The lowest BCUT2D eigenvalue weighted by Crippen LogP contribution is -2.24. The summed E-state index contributed by atoms with van der Waals surface area (Å²) >= 11 is 1.32. The number of thiophene rings is 1. The van der Waals surface area contributed by atoms with Gasteiger partial charge in [0.1, 0.15) is 5.75 Å². The monoisotopic (exact) mass is 494 g/mol. The molecule has 0 saturated heterocycles. The number of rotatable bonds is 7. The van der Waals surface area contributed by atoms with Crippen LogP contribution in [0.25, 0.3) is 34.0 Å². The number of benzene rings is 2. The molecule has 0 spiro atoms. The molecule has 0 saturated carbocycles. The first-order valence-corrected chi connectivity index (χ1v) is 11.3. The summed E-state index contributed by atoms with van der Waals surface area (Å²) < 4.78 is 79.7. The number of para-hydroxylation sites is 1. The molecule has 34 heavy (non-hydrogen) atoms. The molecule has 2 aromatic carbocycles. The summed E-state index contributed by atoms with van der Waals surface area (Å²) in [7, 11) is 0. The van der Waals surface area contributed by atoms with Crippen LogP contribution in [-0.2, 0) is 6.18 Å². The van der Waals surface area contributed by atoms with Gasteiger partial charge in [0, 0.05) is 5.56 Å². The fraction of sp³-hybridized carbons (Fsp3) is 0.250. The minimum atomic E-state index is -4.62. The first-order chi connectivity index (χ1) is 16.1. The molecule has 10 heteroatoms. The zero-order chi connectivity index (χ0) is 24.5. The maximum atomic E-state index is 14.0. The molecule has 0 aliphatic carbocycles. The predicted octanol–water partition coefficient (Wildman–Crippen LogP) is 8.23. The highest BCUT2D eigenvalue weighted by atomic mass is 32.1. The molecule has 0 unspecified atom stereocenters. The number of halogens is 5. The molecule has 0 fully saturated rings. The molecule has 0 atom stereocenters. The standard InChI is InChI=1S/C24H19F5N2O2S/c1-3-10-23(25,26)32-20-7-5-4-6-17(20)21-30-22(33-31-21)15-8-9-16(18-13-34-12-14(18)2)19(11-15)24(27,28)29/h4-9,11-13H,3,10H2,1-2H3. The van der Waals surface area contributed by atoms with Gasteiger partial charge in [-0.1, -0.05) is 30.3 Å². The van der Waals surface area contributed by atoms with Crippen LogP contribution in [0.15, 0.2) is 57.7 Å². The van der Waals surface area contributed by atoms with Gasteiger partial charge in [-0.15, -0.1) is 0 Å². The maximum Gasteiger partial charge on any atom is 0.417 e. The molecule has 4 nitrogen and oxygen atoms in total. The molecule has 0 N–H and O–H groups in total. The summed E-state index contributed by atoms with van der Waals surface area (Å²) in [5, 5.41) is 7.22. The van der Waals surface area contributed by atoms with E-state index in [2.05, 4.69) is 10.1 Å². The predicted molar refractivity (Wildman–Crippen MR) is 119 cm³/mol. The fourth-order valence-electron chi connectivity index (χ4n) is 3.48. The van der Waals surface area contributed by atoms with E-state index in [-0.39, 0.29) is 40.6 Å². The third-order valence-electron chi connectivity index (χ3n) is 5.07. The lowest BCUT2D eigenvalue weighted by atomic mass is 9.97. The van der Waals surface area contributed by atoms with Gasteiger partial charge >= 0.3 is 12.3 Å². The second-order valence-electron chi connectivity index (χ2n) is 7.64. The number of aryl methyl sites for hydroxylation is 1. The van der Waals surface area contributed by atoms with Crippen molar-refractivity contribution in [3.63, 3.8) is 0 Å². The van der Waals surface area contributed by atoms with Crippen LogP contribution < -0.4 is 4.74 Å². The molecular formula is C24H19F5N2O2S. The Morgan fingerprint density at radius 1 is 0.971 bits per heavy atom. The third-order valence-corrected chi connectivity index (χ3v) is 5.93. The van der Waals surface area contributed by atoms with Crippen molar-refractivity contribution in [2.75, 3.05) is 0 Å². The number of nitrogens with zero attached hydrogens (tertiary/aromatic N) is 2. The average Bonchev–Trinajstić information content (AvgIpc) is 3.42. The van der Waals surface area contributed by atoms with Crippen LogP contribution in [0.2, 0.25) is 0 Å². The van der Waals surface area contributed by atoms with E-state index in [0.717, 1.165) is 11.6 Å². The molecule has 4 aromatic rings. The van der Waals surface area contributed by atoms with Crippen molar-refractivity contribution < 1.29 is 31.2 Å². The first-order valence-electron chi connectivity index (χ1n) is 10.3. The quantitative estimate of drug-likeness (QED) is 0.243. The summed E-state index contributed by atoms with van der Waals surface area (Å²) in [5.74, 6) is -0.416. The summed E-state index contributed by atoms with van der Waals surface area (Å²) in [6, 6.07) is 9.67. The number of hydrogen-bond donors (Lipinski definition) is 0. The Balaban J connectivity index is 1.72.